The van der Waals surface area contributed by atoms with Crippen LogP contribution in [0, 0.1) is 12.7 Å². The minimum Gasteiger partial charge on any atom is -0.393 e. The first-order valence-electron chi connectivity index (χ1n) is 6.37. The third-order valence-electron chi connectivity index (χ3n) is 2.94. The van der Waals surface area contributed by atoms with Gasteiger partial charge in [-0.15, -0.1) is 0 Å². The number of hydrogen-bond donors (Lipinski definition) is 1. The van der Waals surface area contributed by atoms with Gasteiger partial charge in [0.2, 0.25) is 11.7 Å². The van der Waals surface area contributed by atoms with Crippen molar-refractivity contribution in [3.05, 3.63) is 35.5 Å². The molecule has 2 aromatic rings. The van der Waals surface area contributed by atoms with Crippen molar-refractivity contribution in [2.24, 2.45) is 0 Å². The molecule has 0 aliphatic rings. The summed E-state index contributed by atoms with van der Waals surface area (Å²) >= 11 is 0. The van der Waals surface area contributed by atoms with Crippen LogP contribution in [-0.4, -0.2) is 21.4 Å². The highest BCUT2D eigenvalue weighted by Gasteiger charge is 2.14. The Kier molecular flexibility index (Phi) is 4.27. The average molecular weight is 264 g/mol. The molecule has 1 unspecified atom stereocenters. The monoisotopic (exact) mass is 264 g/mol. The summed E-state index contributed by atoms with van der Waals surface area (Å²) in [6.07, 6.45) is 1.43. The molecule has 102 valence electrons. The third kappa shape index (κ3) is 3.38. The normalized spacial score (nSPS) is 12.6. The Balaban J connectivity index is 2.18. The molecule has 1 aromatic heterocycles. The predicted molar refractivity (Wildman–Crippen MR) is 69.0 cm³/mol. The second-order valence-corrected chi connectivity index (χ2v) is 4.62. The highest BCUT2D eigenvalue weighted by molar-refractivity contribution is 5.59. The van der Waals surface area contributed by atoms with E-state index in [9.17, 15) is 9.50 Å². The van der Waals surface area contributed by atoms with E-state index in [0.29, 0.717) is 30.1 Å². The molecule has 0 aliphatic heterocycles. The molecule has 1 atom stereocenters. The lowest BCUT2D eigenvalue weighted by atomic mass is 10.1. The number of aromatic nitrogens is 2. The first-order valence-corrected chi connectivity index (χ1v) is 6.37. The molecule has 0 saturated heterocycles. The van der Waals surface area contributed by atoms with E-state index in [4.69, 9.17) is 4.52 Å². The average Bonchev–Trinajstić information content (AvgIpc) is 2.81. The highest BCUT2D eigenvalue weighted by atomic mass is 19.1. The number of aliphatic hydroxyl groups is 1. The lowest BCUT2D eigenvalue weighted by molar-refractivity contribution is 0.152. The number of aliphatic hydroxyl groups excluding tert-OH is 1. The number of aryl methyl sites for hydroxylation is 1. The first-order chi connectivity index (χ1) is 9.10. The van der Waals surface area contributed by atoms with Gasteiger partial charge >= 0.3 is 0 Å². The van der Waals surface area contributed by atoms with Crippen LogP contribution in [0.25, 0.3) is 11.4 Å². The molecule has 0 amide bonds. The summed E-state index contributed by atoms with van der Waals surface area (Å²) in [7, 11) is 0. The molecule has 0 aliphatic carbocycles. The van der Waals surface area contributed by atoms with E-state index in [1.54, 1.807) is 6.07 Å². The molecule has 0 radical (unpaired) electrons. The summed E-state index contributed by atoms with van der Waals surface area (Å²) in [5, 5.41) is 13.5. The van der Waals surface area contributed by atoms with Gasteiger partial charge in [-0.3, -0.25) is 0 Å². The smallest absolute Gasteiger partial charge is 0.229 e. The fourth-order valence-electron chi connectivity index (χ4n) is 1.92. The number of nitrogens with zero attached hydrogens (tertiary/aromatic N) is 2. The molecular weight excluding hydrogens is 247 g/mol. The molecule has 0 bridgehead atoms. The summed E-state index contributed by atoms with van der Waals surface area (Å²) < 4.78 is 18.3. The predicted octanol–water partition coefficient (Wildman–Crippen LogP) is 2.89. The van der Waals surface area contributed by atoms with E-state index < -0.39 is 6.10 Å². The Morgan fingerprint density at radius 3 is 2.95 bits per heavy atom. The van der Waals surface area contributed by atoms with Crippen LogP contribution in [0.5, 0.6) is 0 Å². The van der Waals surface area contributed by atoms with Crippen molar-refractivity contribution in [2.45, 2.75) is 39.2 Å². The Hall–Kier alpha value is -1.75. The van der Waals surface area contributed by atoms with Crippen molar-refractivity contribution in [1.82, 2.24) is 10.1 Å². The SMILES string of the molecule is CCCC(O)Cc1nc(-c2cc(F)ccc2C)no1. The molecule has 0 spiro atoms. The van der Waals surface area contributed by atoms with Gasteiger partial charge in [-0.2, -0.15) is 4.98 Å². The molecular formula is C14H17FN2O2. The number of halogens is 1. The molecule has 1 aromatic carbocycles. The van der Waals surface area contributed by atoms with Crippen LogP contribution in [0.2, 0.25) is 0 Å². The van der Waals surface area contributed by atoms with Crippen LogP contribution in [0.4, 0.5) is 4.39 Å². The molecule has 1 N–H and O–H groups in total. The van der Waals surface area contributed by atoms with Crippen molar-refractivity contribution in [2.75, 3.05) is 0 Å². The molecule has 0 saturated carbocycles. The zero-order valence-electron chi connectivity index (χ0n) is 11.1. The van der Waals surface area contributed by atoms with Crippen LogP contribution in [0.1, 0.15) is 31.2 Å². The molecule has 19 heavy (non-hydrogen) atoms. The van der Waals surface area contributed by atoms with Gasteiger partial charge in [0, 0.05) is 5.56 Å². The number of hydrogen-bond acceptors (Lipinski definition) is 4. The summed E-state index contributed by atoms with van der Waals surface area (Å²) in [5.74, 6) is 0.397. The fourth-order valence-corrected chi connectivity index (χ4v) is 1.92. The van der Waals surface area contributed by atoms with E-state index in [1.165, 1.54) is 12.1 Å². The molecule has 4 nitrogen and oxygen atoms in total. The highest BCUT2D eigenvalue weighted by Crippen LogP contribution is 2.21. The van der Waals surface area contributed by atoms with Gasteiger partial charge < -0.3 is 9.63 Å². The van der Waals surface area contributed by atoms with Crippen molar-refractivity contribution in [3.8, 4) is 11.4 Å². The minimum atomic E-state index is -0.480. The Morgan fingerprint density at radius 2 is 2.21 bits per heavy atom. The summed E-state index contributed by atoms with van der Waals surface area (Å²) in [4.78, 5) is 4.20. The Morgan fingerprint density at radius 1 is 1.42 bits per heavy atom. The van der Waals surface area contributed by atoms with Gasteiger partial charge in [-0.25, -0.2) is 4.39 Å². The van der Waals surface area contributed by atoms with E-state index >= 15 is 0 Å². The van der Waals surface area contributed by atoms with Gasteiger partial charge in [0.15, 0.2) is 0 Å². The van der Waals surface area contributed by atoms with E-state index in [1.807, 2.05) is 13.8 Å². The third-order valence-corrected chi connectivity index (χ3v) is 2.94. The topological polar surface area (TPSA) is 59.2 Å². The summed E-state index contributed by atoms with van der Waals surface area (Å²) in [6.45, 7) is 3.86. The maximum Gasteiger partial charge on any atom is 0.229 e. The molecule has 1 heterocycles. The summed E-state index contributed by atoms with van der Waals surface area (Å²) in [5.41, 5.74) is 1.49. The van der Waals surface area contributed by atoms with Gasteiger partial charge in [-0.1, -0.05) is 24.6 Å². The van der Waals surface area contributed by atoms with Crippen LogP contribution >= 0.6 is 0 Å². The van der Waals surface area contributed by atoms with E-state index in [0.717, 1.165) is 12.0 Å². The van der Waals surface area contributed by atoms with Gasteiger partial charge in [0.05, 0.1) is 12.5 Å². The van der Waals surface area contributed by atoms with Crippen molar-refractivity contribution in [3.63, 3.8) is 0 Å². The van der Waals surface area contributed by atoms with Crippen molar-refractivity contribution in [1.29, 1.82) is 0 Å². The van der Waals surface area contributed by atoms with Crippen molar-refractivity contribution >= 4 is 0 Å². The minimum absolute atomic E-state index is 0.329. The van der Waals surface area contributed by atoms with E-state index in [-0.39, 0.29) is 5.82 Å². The van der Waals surface area contributed by atoms with Crippen molar-refractivity contribution < 1.29 is 14.0 Å². The quantitative estimate of drug-likeness (QED) is 0.902. The molecule has 0 fully saturated rings. The number of benzene rings is 1. The van der Waals surface area contributed by atoms with Crippen LogP contribution in [0.3, 0.4) is 0 Å². The van der Waals surface area contributed by atoms with Crippen LogP contribution < -0.4 is 0 Å². The maximum atomic E-state index is 13.2. The van der Waals surface area contributed by atoms with Gasteiger partial charge in [0.1, 0.15) is 5.82 Å². The Labute approximate surface area is 111 Å². The van der Waals surface area contributed by atoms with Gasteiger partial charge in [-0.05, 0) is 31.0 Å². The number of rotatable bonds is 5. The standard InChI is InChI=1S/C14H17FN2O2/c1-3-4-11(18)8-13-16-14(17-19-13)12-7-10(15)6-5-9(12)2/h5-7,11,18H,3-4,8H2,1-2H3. The fraction of sp³-hybridized carbons (Fsp3) is 0.429. The van der Waals surface area contributed by atoms with Crippen LogP contribution in [-0.2, 0) is 6.42 Å². The second kappa shape index (κ2) is 5.93. The largest absolute Gasteiger partial charge is 0.393 e. The molecule has 2 rings (SSSR count). The zero-order chi connectivity index (χ0) is 13.8. The van der Waals surface area contributed by atoms with E-state index in [2.05, 4.69) is 10.1 Å². The lowest BCUT2D eigenvalue weighted by Gasteiger charge is -2.04. The van der Waals surface area contributed by atoms with Crippen LogP contribution in [0.15, 0.2) is 22.7 Å². The zero-order valence-corrected chi connectivity index (χ0v) is 11.1. The molecule has 5 heteroatoms. The lowest BCUT2D eigenvalue weighted by Crippen LogP contribution is -2.09. The summed E-state index contributed by atoms with van der Waals surface area (Å²) in [6, 6.07) is 4.45. The second-order valence-electron chi connectivity index (χ2n) is 4.62. The first kappa shape index (κ1) is 13.7. The van der Waals surface area contributed by atoms with Gasteiger partial charge in [0.25, 0.3) is 0 Å². The maximum absolute atomic E-state index is 13.2. The Bertz CT molecular complexity index is 554.